The number of anilines is 1. The van der Waals surface area contributed by atoms with Crippen LogP contribution in [0.25, 0.3) is 0 Å². The Hall–Kier alpha value is -1.72. The molecule has 1 aliphatic heterocycles. The highest BCUT2D eigenvalue weighted by atomic mass is 79.9. The van der Waals surface area contributed by atoms with E-state index in [0.717, 1.165) is 24.2 Å². The lowest BCUT2D eigenvalue weighted by molar-refractivity contribution is 0.102. The molecule has 0 spiro atoms. The largest absolute Gasteiger partial charge is 0.322 e. The van der Waals surface area contributed by atoms with E-state index in [9.17, 15) is 9.18 Å². The van der Waals surface area contributed by atoms with Crippen molar-refractivity contribution < 1.29 is 9.18 Å². The van der Waals surface area contributed by atoms with Crippen LogP contribution in [0.2, 0.25) is 0 Å². The fourth-order valence-electron chi connectivity index (χ4n) is 2.41. The molecule has 0 fully saturated rings. The number of halogens is 2. The van der Waals surface area contributed by atoms with Crippen LogP contribution in [0, 0.1) is 12.7 Å². The Morgan fingerprint density at radius 2 is 2.00 bits per heavy atom. The molecular formula is C16H14BrFN2O. The van der Waals surface area contributed by atoms with E-state index in [2.05, 4.69) is 26.6 Å². The first-order chi connectivity index (χ1) is 10.0. The van der Waals surface area contributed by atoms with Crippen molar-refractivity contribution in [1.82, 2.24) is 5.32 Å². The number of hydrogen-bond acceptors (Lipinski definition) is 2. The first kappa shape index (κ1) is 14.2. The van der Waals surface area contributed by atoms with Crippen LogP contribution in [0.4, 0.5) is 10.1 Å². The molecule has 0 unspecified atom stereocenters. The van der Waals surface area contributed by atoms with Gasteiger partial charge in [0.1, 0.15) is 5.82 Å². The molecule has 0 aliphatic carbocycles. The lowest BCUT2D eigenvalue weighted by Gasteiger charge is -2.10. The molecule has 1 amide bonds. The van der Waals surface area contributed by atoms with Crippen molar-refractivity contribution in [1.29, 1.82) is 0 Å². The van der Waals surface area contributed by atoms with Gasteiger partial charge in [-0.05, 0) is 63.8 Å². The van der Waals surface area contributed by atoms with E-state index in [-0.39, 0.29) is 5.91 Å². The van der Waals surface area contributed by atoms with Gasteiger partial charge in [0.15, 0.2) is 0 Å². The normalized spacial score (nSPS) is 13.1. The highest BCUT2D eigenvalue weighted by molar-refractivity contribution is 9.10. The molecule has 0 bridgehead atoms. The number of fused-ring (bicyclic) bond motifs is 1. The van der Waals surface area contributed by atoms with Crippen LogP contribution in [-0.2, 0) is 13.1 Å². The molecule has 0 atom stereocenters. The number of carbonyl (C=O) groups excluding carboxylic acids is 1. The van der Waals surface area contributed by atoms with Crippen molar-refractivity contribution in [2.75, 3.05) is 5.32 Å². The monoisotopic (exact) mass is 348 g/mol. The molecule has 2 aromatic rings. The summed E-state index contributed by atoms with van der Waals surface area (Å²) in [5, 5.41) is 6.01. The van der Waals surface area contributed by atoms with Gasteiger partial charge in [-0.15, -0.1) is 0 Å². The van der Waals surface area contributed by atoms with Crippen molar-refractivity contribution in [3.8, 4) is 0 Å². The average molecular weight is 349 g/mol. The van der Waals surface area contributed by atoms with Crippen LogP contribution in [0.5, 0.6) is 0 Å². The topological polar surface area (TPSA) is 41.1 Å². The van der Waals surface area contributed by atoms with Crippen molar-refractivity contribution in [3.63, 3.8) is 0 Å². The van der Waals surface area contributed by atoms with Gasteiger partial charge in [0, 0.05) is 24.3 Å². The summed E-state index contributed by atoms with van der Waals surface area (Å²) >= 11 is 3.13. The molecule has 0 aromatic heterocycles. The molecule has 2 aromatic carbocycles. The fraction of sp³-hybridized carbons (Fsp3) is 0.188. The summed E-state index contributed by atoms with van der Waals surface area (Å²) in [5.74, 6) is -0.622. The first-order valence-electron chi connectivity index (χ1n) is 6.64. The van der Waals surface area contributed by atoms with Crippen LogP contribution in [-0.4, -0.2) is 5.91 Å². The molecular weight excluding hydrogens is 335 g/mol. The lowest BCUT2D eigenvalue weighted by Crippen LogP contribution is -2.13. The number of amides is 1. The van der Waals surface area contributed by atoms with Crippen molar-refractivity contribution in [2.24, 2.45) is 0 Å². The number of carbonyl (C=O) groups is 1. The van der Waals surface area contributed by atoms with E-state index in [1.54, 1.807) is 12.1 Å². The second-order valence-corrected chi connectivity index (χ2v) is 5.98. The van der Waals surface area contributed by atoms with Crippen LogP contribution < -0.4 is 10.6 Å². The number of aryl methyl sites for hydroxylation is 1. The molecule has 0 radical (unpaired) electrons. The van der Waals surface area contributed by atoms with Gasteiger partial charge in [-0.1, -0.05) is 6.07 Å². The zero-order valence-corrected chi connectivity index (χ0v) is 13.1. The maximum Gasteiger partial charge on any atom is 0.255 e. The third-order valence-electron chi connectivity index (χ3n) is 3.61. The summed E-state index contributed by atoms with van der Waals surface area (Å²) in [6.45, 7) is 3.45. The Kier molecular flexibility index (Phi) is 3.78. The summed E-state index contributed by atoms with van der Waals surface area (Å²) in [6.07, 6.45) is 0. The Bertz CT molecular complexity index is 730. The van der Waals surface area contributed by atoms with Crippen LogP contribution in [0.3, 0.4) is 0 Å². The summed E-state index contributed by atoms with van der Waals surface area (Å²) in [6, 6.07) is 8.62. The second-order valence-electron chi connectivity index (χ2n) is 5.12. The molecule has 3 nitrogen and oxygen atoms in total. The number of benzene rings is 2. The van der Waals surface area contributed by atoms with Gasteiger partial charge >= 0.3 is 0 Å². The van der Waals surface area contributed by atoms with Gasteiger partial charge in [-0.2, -0.15) is 0 Å². The maximum absolute atomic E-state index is 13.6. The predicted octanol–water partition coefficient (Wildman–Crippen LogP) is 3.75. The molecule has 2 N–H and O–H groups in total. The highest BCUT2D eigenvalue weighted by Gasteiger charge is 2.15. The average Bonchev–Trinajstić information content (AvgIpc) is 2.92. The number of hydrogen-bond donors (Lipinski definition) is 2. The van der Waals surface area contributed by atoms with E-state index in [4.69, 9.17) is 0 Å². The summed E-state index contributed by atoms with van der Waals surface area (Å²) < 4.78 is 14.0. The van der Waals surface area contributed by atoms with E-state index >= 15 is 0 Å². The van der Waals surface area contributed by atoms with Gasteiger partial charge in [-0.25, -0.2) is 4.39 Å². The van der Waals surface area contributed by atoms with Gasteiger partial charge in [-0.3, -0.25) is 4.79 Å². The molecule has 108 valence electrons. The number of nitrogens with one attached hydrogen (secondary N) is 2. The first-order valence-corrected chi connectivity index (χ1v) is 7.43. The Balaban J connectivity index is 1.85. The van der Waals surface area contributed by atoms with E-state index < -0.39 is 5.82 Å². The quantitative estimate of drug-likeness (QED) is 0.867. The zero-order chi connectivity index (χ0) is 15.0. The van der Waals surface area contributed by atoms with Gasteiger partial charge in [0.2, 0.25) is 0 Å². The smallest absolute Gasteiger partial charge is 0.255 e. The molecule has 0 saturated carbocycles. The maximum atomic E-state index is 13.6. The SMILES string of the molecule is Cc1cc(Br)c(F)cc1NC(=O)c1ccc2c(c1)CNC2. The lowest BCUT2D eigenvalue weighted by atomic mass is 10.1. The fourth-order valence-corrected chi connectivity index (χ4v) is 2.87. The van der Waals surface area contributed by atoms with Crippen molar-refractivity contribution in [3.05, 3.63) is 62.9 Å². The van der Waals surface area contributed by atoms with Crippen LogP contribution >= 0.6 is 15.9 Å². The van der Waals surface area contributed by atoms with Crippen molar-refractivity contribution in [2.45, 2.75) is 20.0 Å². The molecule has 1 aliphatic rings. The van der Waals surface area contributed by atoms with E-state index in [1.165, 1.54) is 11.6 Å². The van der Waals surface area contributed by atoms with Crippen LogP contribution in [0.1, 0.15) is 27.0 Å². The minimum atomic E-state index is -0.394. The third-order valence-corrected chi connectivity index (χ3v) is 4.22. The van der Waals surface area contributed by atoms with Gasteiger partial charge in [0.05, 0.1) is 4.47 Å². The Morgan fingerprint density at radius 3 is 2.81 bits per heavy atom. The molecule has 3 rings (SSSR count). The van der Waals surface area contributed by atoms with E-state index in [0.29, 0.717) is 15.7 Å². The highest BCUT2D eigenvalue weighted by Crippen LogP contribution is 2.25. The number of rotatable bonds is 2. The molecule has 1 heterocycles. The Labute approximate surface area is 130 Å². The summed E-state index contributed by atoms with van der Waals surface area (Å²) in [7, 11) is 0. The molecule has 0 saturated heterocycles. The zero-order valence-electron chi connectivity index (χ0n) is 11.5. The van der Waals surface area contributed by atoms with Crippen molar-refractivity contribution >= 4 is 27.5 Å². The summed E-state index contributed by atoms with van der Waals surface area (Å²) in [4.78, 5) is 12.3. The summed E-state index contributed by atoms with van der Waals surface area (Å²) in [5.41, 5.74) is 4.23. The van der Waals surface area contributed by atoms with E-state index in [1.807, 2.05) is 19.1 Å². The van der Waals surface area contributed by atoms with Crippen LogP contribution in [0.15, 0.2) is 34.8 Å². The second kappa shape index (κ2) is 5.58. The van der Waals surface area contributed by atoms with Gasteiger partial charge < -0.3 is 10.6 Å². The van der Waals surface area contributed by atoms with Gasteiger partial charge in [0.25, 0.3) is 5.91 Å². The predicted molar refractivity (Wildman–Crippen MR) is 83.8 cm³/mol. The molecule has 5 heteroatoms. The minimum absolute atomic E-state index is 0.227. The standard InChI is InChI=1S/C16H14BrFN2O/c1-9-4-13(17)14(18)6-15(9)20-16(21)10-2-3-11-7-19-8-12(11)5-10/h2-6,19H,7-8H2,1H3,(H,20,21). The molecule has 21 heavy (non-hydrogen) atoms. The Morgan fingerprint density at radius 1 is 1.24 bits per heavy atom. The third kappa shape index (κ3) is 2.84. The minimum Gasteiger partial charge on any atom is -0.322 e.